The summed E-state index contributed by atoms with van der Waals surface area (Å²) in [4.78, 5) is 33.5. The van der Waals surface area contributed by atoms with Crippen LogP contribution in [0.25, 0.3) is 11.0 Å². The van der Waals surface area contributed by atoms with Crippen LogP contribution in [0.4, 0.5) is 5.95 Å². The van der Waals surface area contributed by atoms with Crippen LogP contribution in [-0.2, 0) is 20.7 Å². The first-order valence-corrected chi connectivity index (χ1v) is 11.2. The quantitative estimate of drug-likeness (QED) is 0.330. The van der Waals surface area contributed by atoms with Gasteiger partial charge in [-0.25, -0.2) is 4.98 Å². The van der Waals surface area contributed by atoms with Gasteiger partial charge in [0.05, 0.1) is 23.7 Å². The van der Waals surface area contributed by atoms with Crippen LogP contribution in [-0.4, -0.2) is 34.6 Å². The second-order valence-electron chi connectivity index (χ2n) is 8.08. The minimum absolute atomic E-state index is 0.214. The maximum atomic E-state index is 13.9. The summed E-state index contributed by atoms with van der Waals surface area (Å²) in [5.41, 5.74) is 3.66. The molecule has 0 radical (unpaired) electrons. The SMILES string of the molecule is CCOC(=O)[C@@H]1C(=O)N(CCc2ccccc2)c2nc3ccccc3n2[C@H]1c1ccccc1. The minimum atomic E-state index is -0.992. The third-order valence-electron chi connectivity index (χ3n) is 6.09. The van der Waals surface area contributed by atoms with Crippen molar-refractivity contribution in [3.8, 4) is 0 Å². The van der Waals surface area contributed by atoms with E-state index in [1.165, 1.54) is 0 Å². The van der Waals surface area contributed by atoms with Crippen LogP contribution in [0.15, 0.2) is 84.9 Å². The zero-order valence-electron chi connectivity index (χ0n) is 18.4. The molecule has 6 heteroatoms. The van der Waals surface area contributed by atoms with Gasteiger partial charge < -0.3 is 9.30 Å². The number of fused-ring (bicyclic) bond motifs is 3. The summed E-state index contributed by atoms with van der Waals surface area (Å²) < 4.78 is 7.42. The van der Waals surface area contributed by atoms with Crippen molar-refractivity contribution in [2.24, 2.45) is 5.92 Å². The fourth-order valence-electron chi connectivity index (χ4n) is 4.60. The Morgan fingerprint density at radius 3 is 2.33 bits per heavy atom. The predicted molar refractivity (Wildman–Crippen MR) is 127 cm³/mol. The predicted octanol–water partition coefficient (Wildman–Crippen LogP) is 4.39. The van der Waals surface area contributed by atoms with E-state index in [-0.39, 0.29) is 12.5 Å². The summed E-state index contributed by atoms with van der Waals surface area (Å²) in [6, 6.07) is 26.9. The Balaban J connectivity index is 1.67. The first-order chi connectivity index (χ1) is 16.2. The first kappa shape index (κ1) is 20.9. The highest BCUT2D eigenvalue weighted by atomic mass is 16.5. The van der Waals surface area contributed by atoms with Crippen molar-refractivity contribution in [2.75, 3.05) is 18.1 Å². The average molecular weight is 440 g/mol. The number of esters is 1. The van der Waals surface area contributed by atoms with Crippen molar-refractivity contribution in [1.82, 2.24) is 9.55 Å². The molecule has 5 rings (SSSR count). The zero-order chi connectivity index (χ0) is 22.8. The first-order valence-electron chi connectivity index (χ1n) is 11.2. The van der Waals surface area contributed by atoms with E-state index in [4.69, 9.17) is 9.72 Å². The molecule has 1 amide bonds. The van der Waals surface area contributed by atoms with Crippen molar-refractivity contribution >= 4 is 28.9 Å². The Morgan fingerprint density at radius 1 is 0.939 bits per heavy atom. The average Bonchev–Trinajstić information content (AvgIpc) is 3.23. The van der Waals surface area contributed by atoms with Gasteiger partial charge in [-0.05, 0) is 36.6 Å². The third-order valence-corrected chi connectivity index (χ3v) is 6.09. The molecule has 2 heterocycles. The smallest absolute Gasteiger partial charge is 0.321 e. The highest BCUT2D eigenvalue weighted by Crippen LogP contribution is 2.41. The number of rotatable bonds is 6. The van der Waals surface area contributed by atoms with E-state index in [1.807, 2.05) is 89.5 Å². The topological polar surface area (TPSA) is 64.4 Å². The number of anilines is 1. The molecule has 1 aromatic heterocycles. The van der Waals surface area contributed by atoms with E-state index < -0.39 is 17.9 Å². The Morgan fingerprint density at radius 2 is 1.61 bits per heavy atom. The Kier molecular flexibility index (Phi) is 5.65. The lowest BCUT2D eigenvalue weighted by Gasteiger charge is -2.38. The third kappa shape index (κ3) is 3.78. The number of carbonyl (C=O) groups is 2. The van der Waals surface area contributed by atoms with E-state index >= 15 is 0 Å². The Bertz CT molecular complexity index is 1280. The van der Waals surface area contributed by atoms with Crippen molar-refractivity contribution < 1.29 is 14.3 Å². The van der Waals surface area contributed by atoms with Gasteiger partial charge in [0.2, 0.25) is 11.9 Å². The number of ether oxygens (including phenoxy) is 1. The van der Waals surface area contributed by atoms with Gasteiger partial charge in [-0.15, -0.1) is 0 Å². The van der Waals surface area contributed by atoms with E-state index in [0.717, 1.165) is 22.2 Å². The lowest BCUT2D eigenvalue weighted by Crippen LogP contribution is -2.50. The number of carbonyl (C=O) groups excluding carboxylic acids is 2. The molecule has 0 fully saturated rings. The molecule has 2 atom stereocenters. The van der Waals surface area contributed by atoms with Gasteiger partial charge in [0, 0.05) is 6.54 Å². The van der Waals surface area contributed by atoms with E-state index in [1.54, 1.807) is 11.8 Å². The molecule has 166 valence electrons. The maximum Gasteiger partial charge on any atom is 0.321 e. The second kappa shape index (κ2) is 8.90. The molecule has 0 saturated heterocycles. The molecule has 0 saturated carbocycles. The van der Waals surface area contributed by atoms with Crippen LogP contribution in [0, 0.1) is 5.92 Å². The summed E-state index contributed by atoms with van der Waals surface area (Å²) in [5, 5.41) is 0. The van der Waals surface area contributed by atoms with E-state index in [0.29, 0.717) is 18.9 Å². The standard InChI is InChI=1S/C27H25N3O3/c1-2-33-26(32)23-24(20-13-7-4-8-14-20)30-22-16-10-9-15-21(22)28-27(30)29(25(23)31)18-17-19-11-5-3-6-12-19/h3-16,23-24H,2,17-18H2,1H3/t23-,24-/m0/s1. The summed E-state index contributed by atoms with van der Waals surface area (Å²) in [5.74, 6) is -1.22. The fourth-order valence-corrected chi connectivity index (χ4v) is 4.60. The summed E-state index contributed by atoms with van der Waals surface area (Å²) in [6.07, 6.45) is 0.654. The molecule has 0 bridgehead atoms. The summed E-state index contributed by atoms with van der Waals surface area (Å²) >= 11 is 0. The Hall–Kier alpha value is -3.93. The molecule has 0 N–H and O–H groups in total. The van der Waals surface area contributed by atoms with Crippen LogP contribution in [0.2, 0.25) is 0 Å². The van der Waals surface area contributed by atoms with Gasteiger partial charge in [0.15, 0.2) is 5.92 Å². The molecule has 0 unspecified atom stereocenters. The number of aromatic nitrogens is 2. The van der Waals surface area contributed by atoms with Crippen molar-refractivity contribution in [1.29, 1.82) is 0 Å². The largest absolute Gasteiger partial charge is 0.465 e. The molecule has 1 aliphatic rings. The number of hydrogen-bond acceptors (Lipinski definition) is 4. The number of nitrogens with zero attached hydrogens (tertiary/aromatic N) is 3. The molecule has 3 aromatic carbocycles. The molecular formula is C27H25N3O3. The number of benzene rings is 3. The molecule has 1 aliphatic heterocycles. The van der Waals surface area contributed by atoms with E-state index in [9.17, 15) is 9.59 Å². The number of para-hydroxylation sites is 2. The van der Waals surface area contributed by atoms with Crippen LogP contribution < -0.4 is 4.90 Å². The van der Waals surface area contributed by atoms with Gasteiger partial charge >= 0.3 is 5.97 Å². The van der Waals surface area contributed by atoms with Crippen molar-refractivity contribution in [3.63, 3.8) is 0 Å². The maximum absolute atomic E-state index is 13.9. The molecular weight excluding hydrogens is 414 g/mol. The second-order valence-corrected chi connectivity index (χ2v) is 8.08. The molecule has 33 heavy (non-hydrogen) atoms. The lowest BCUT2D eigenvalue weighted by molar-refractivity contribution is -0.153. The van der Waals surface area contributed by atoms with Gasteiger partial charge in [-0.1, -0.05) is 72.8 Å². The van der Waals surface area contributed by atoms with Crippen molar-refractivity contribution in [3.05, 3.63) is 96.1 Å². The summed E-state index contributed by atoms with van der Waals surface area (Å²) in [6.45, 7) is 2.39. The monoisotopic (exact) mass is 439 g/mol. The van der Waals surface area contributed by atoms with Crippen LogP contribution >= 0.6 is 0 Å². The van der Waals surface area contributed by atoms with Gasteiger partial charge in [0.1, 0.15) is 0 Å². The summed E-state index contributed by atoms with van der Waals surface area (Å²) in [7, 11) is 0. The van der Waals surface area contributed by atoms with E-state index in [2.05, 4.69) is 0 Å². The van der Waals surface area contributed by atoms with Gasteiger partial charge in [0.25, 0.3) is 0 Å². The highest BCUT2D eigenvalue weighted by molar-refractivity contribution is 6.08. The van der Waals surface area contributed by atoms with Crippen LogP contribution in [0.3, 0.4) is 0 Å². The van der Waals surface area contributed by atoms with Crippen molar-refractivity contribution in [2.45, 2.75) is 19.4 Å². The molecule has 0 spiro atoms. The van der Waals surface area contributed by atoms with Gasteiger partial charge in [-0.2, -0.15) is 0 Å². The van der Waals surface area contributed by atoms with Gasteiger partial charge in [-0.3, -0.25) is 14.5 Å². The van der Waals surface area contributed by atoms with Crippen LogP contribution in [0.5, 0.6) is 0 Å². The number of amides is 1. The fraction of sp³-hybridized carbons (Fsp3) is 0.222. The van der Waals surface area contributed by atoms with Crippen LogP contribution in [0.1, 0.15) is 24.1 Å². The number of imidazole rings is 1. The minimum Gasteiger partial charge on any atom is -0.465 e. The normalized spacial score (nSPS) is 17.7. The molecule has 6 nitrogen and oxygen atoms in total. The lowest BCUT2D eigenvalue weighted by atomic mass is 9.89. The number of hydrogen-bond donors (Lipinski definition) is 0. The molecule has 4 aromatic rings. The highest BCUT2D eigenvalue weighted by Gasteiger charge is 2.47. The molecule has 0 aliphatic carbocycles. The zero-order valence-corrected chi connectivity index (χ0v) is 18.4. The Labute approximate surface area is 192 Å².